The summed E-state index contributed by atoms with van der Waals surface area (Å²) in [4.78, 5) is 20.1. The van der Waals surface area contributed by atoms with Crippen molar-refractivity contribution >= 4 is 11.8 Å². The van der Waals surface area contributed by atoms with Crippen LogP contribution in [0.15, 0.2) is 36.4 Å². The fraction of sp³-hybridized carbons (Fsp3) is 0.0909. The minimum absolute atomic E-state index is 0.260. The highest BCUT2D eigenvalue weighted by Gasteiger charge is 2.06. The quantitative estimate of drug-likeness (QED) is 0.681. The fourth-order valence-corrected chi connectivity index (χ4v) is 0.938. The number of methoxy groups -OCH3 is 1. The monoisotopic (exact) mass is 221 g/mol. The van der Waals surface area contributed by atoms with Crippen LogP contribution in [0, 0.1) is 0 Å². The molecule has 5 nitrogen and oxygen atoms in total. The third-order valence-electron chi connectivity index (χ3n) is 1.70. The summed E-state index contributed by atoms with van der Waals surface area (Å²) in [7, 11) is 1.59. The smallest absolute Gasteiger partial charge is 0.250 e. The number of carbonyl (C=O) groups is 2. The van der Waals surface area contributed by atoms with Crippen molar-refractivity contribution in [3.63, 3.8) is 0 Å². The first-order chi connectivity index (χ1) is 7.61. The molecule has 0 bridgehead atoms. The molecule has 0 atom stereocenters. The normalized spacial score (nSPS) is 12.8. The molecule has 16 heavy (non-hydrogen) atoms. The Kier molecular flexibility index (Phi) is 4.08. The number of nitrogens with one attached hydrogen (secondary N) is 1. The standard InChI is InChI=1S/C7H8O2.C4H3NO2/c1-9-7-4-2-6(8)3-5-7;6-3-1-2-4(7)5-3/h2-5,8H,1H3;1-2H,(H,5,6,7). The van der Waals surface area contributed by atoms with Crippen molar-refractivity contribution in [3.05, 3.63) is 36.4 Å². The van der Waals surface area contributed by atoms with E-state index in [1.807, 2.05) is 5.32 Å². The molecule has 2 rings (SSSR count). The zero-order valence-electron chi connectivity index (χ0n) is 8.64. The van der Waals surface area contributed by atoms with Crippen LogP contribution in [0.2, 0.25) is 0 Å². The topological polar surface area (TPSA) is 75.6 Å². The lowest BCUT2D eigenvalue weighted by atomic mass is 10.3. The van der Waals surface area contributed by atoms with Crippen LogP contribution < -0.4 is 10.1 Å². The number of hydrogen-bond acceptors (Lipinski definition) is 4. The lowest BCUT2D eigenvalue weighted by Crippen LogP contribution is -2.19. The molecular formula is C11H11NO4. The SMILES string of the molecule is COc1ccc(O)cc1.O=C1C=CC(=O)N1. The van der Waals surface area contributed by atoms with Crippen LogP contribution in [0.1, 0.15) is 0 Å². The number of phenolic OH excluding ortho intramolecular Hbond substituents is 1. The molecule has 0 aromatic heterocycles. The highest BCUT2D eigenvalue weighted by atomic mass is 16.5. The van der Waals surface area contributed by atoms with Crippen LogP contribution in [0.25, 0.3) is 0 Å². The van der Waals surface area contributed by atoms with Gasteiger partial charge in [-0.25, -0.2) is 0 Å². The van der Waals surface area contributed by atoms with Gasteiger partial charge in [0.1, 0.15) is 11.5 Å². The fourth-order valence-electron chi connectivity index (χ4n) is 0.938. The zero-order chi connectivity index (χ0) is 12.0. The maximum absolute atomic E-state index is 10.0. The predicted octanol–water partition coefficient (Wildman–Crippen LogP) is 0.600. The molecule has 0 saturated heterocycles. The third kappa shape index (κ3) is 3.83. The van der Waals surface area contributed by atoms with E-state index in [4.69, 9.17) is 9.84 Å². The molecule has 2 N–H and O–H groups in total. The Bertz CT molecular complexity index is 392. The number of benzene rings is 1. The first-order valence-electron chi connectivity index (χ1n) is 4.48. The summed E-state index contributed by atoms with van der Waals surface area (Å²) in [6.45, 7) is 0. The number of amides is 2. The minimum Gasteiger partial charge on any atom is -0.508 e. The van der Waals surface area contributed by atoms with Gasteiger partial charge in [0.25, 0.3) is 11.8 Å². The van der Waals surface area contributed by atoms with Gasteiger partial charge in [-0.05, 0) is 24.3 Å². The second-order valence-electron chi connectivity index (χ2n) is 2.88. The van der Waals surface area contributed by atoms with E-state index >= 15 is 0 Å². The van der Waals surface area contributed by atoms with Crippen molar-refractivity contribution in [2.24, 2.45) is 0 Å². The molecule has 0 fully saturated rings. The van der Waals surface area contributed by atoms with Crippen LogP contribution in [0.3, 0.4) is 0 Å². The molecule has 1 aromatic carbocycles. The number of hydrogen-bond donors (Lipinski definition) is 2. The maximum Gasteiger partial charge on any atom is 0.250 e. The van der Waals surface area contributed by atoms with Crippen LogP contribution >= 0.6 is 0 Å². The molecule has 0 radical (unpaired) electrons. The first kappa shape index (κ1) is 11.8. The lowest BCUT2D eigenvalue weighted by Gasteiger charge is -1.96. The summed E-state index contributed by atoms with van der Waals surface area (Å²) in [6.07, 6.45) is 2.39. The van der Waals surface area contributed by atoms with Gasteiger partial charge in [0.15, 0.2) is 0 Å². The maximum atomic E-state index is 10.0. The first-order valence-corrected chi connectivity index (χ1v) is 4.48. The summed E-state index contributed by atoms with van der Waals surface area (Å²) >= 11 is 0. The van der Waals surface area contributed by atoms with E-state index in [9.17, 15) is 9.59 Å². The molecule has 5 heteroatoms. The number of carbonyl (C=O) groups excluding carboxylic acids is 2. The average Bonchev–Trinajstić information content (AvgIpc) is 2.65. The molecule has 84 valence electrons. The average molecular weight is 221 g/mol. The summed E-state index contributed by atoms with van der Waals surface area (Å²) < 4.78 is 4.86. The largest absolute Gasteiger partial charge is 0.508 e. The van der Waals surface area contributed by atoms with Gasteiger partial charge in [0.05, 0.1) is 7.11 Å². The Hall–Kier alpha value is -2.30. The van der Waals surface area contributed by atoms with Crippen molar-refractivity contribution in [1.82, 2.24) is 5.32 Å². The molecule has 2 amide bonds. The van der Waals surface area contributed by atoms with Crippen LogP contribution in [0.4, 0.5) is 0 Å². The highest BCUT2D eigenvalue weighted by Crippen LogP contribution is 2.14. The number of phenols is 1. The van der Waals surface area contributed by atoms with E-state index in [2.05, 4.69) is 0 Å². The van der Waals surface area contributed by atoms with Gasteiger partial charge in [0, 0.05) is 12.2 Å². The Labute approximate surface area is 92.3 Å². The van der Waals surface area contributed by atoms with Gasteiger partial charge in [-0.1, -0.05) is 0 Å². The van der Waals surface area contributed by atoms with Gasteiger partial charge in [-0.15, -0.1) is 0 Å². The number of imide groups is 1. The molecule has 1 aliphatic rings. The van der Waals surface area contributed by atoms with Gasteiger partial charge < -0.3 is 9.84 Å². The zero-order valence-corrected chi connectivity index (χ0v) is 8.64. The summed E-state index contributed by atoms with van der Waals surface area (Å²) in [5.74, 6) is 0.360. The van der Waals surface area contributed by atoms with Crippen molar-refractivity contribution in [3.8, 4) is 11.5 Å². The van der Waals surface area contributed by atoms with E-state index in [0.717, 1.165) is 5.75 Å². The van der Waals surface area contributed by atoms with Crippen LogP contribution in [0.5, 0.6) is 11.5 Å². The van der Waals surface area contributed by atoms with Crippen molar-refractivity contribution < 1.29 is 19.4 Å². The molecule has 1 aromatic rings. The van der Waals surface area contributed by atoms with E-state index in [1.54, 1.807) is 31.4 Å². The van der Waals surface area contributed by atoms with Gasteiger partial charge in [-0.3, -0.25) is 14.9 Å². The van der Waals surface area contributed by atoms with Crippen molar-refractivity contribution in [2.45, 2.75) is 0 Å². The molecule has 0 unspecified atom stereocenters. The Morgan fingerprint density at radius 2 is 1.56 bits per heavy atom. The van der Waals surface area contributed by atoms with E-state index in [1.165, 1.54) is 12.2 Å². The Balaban J connectivity index is 0.000000165. The van der Waals surface area contributed by atoms with Crippen LogP contribution in [-0.4, -0.2) is 24.0 Å². The van der Waals surface area contributed by atoms with Crippen molar-refractivity contribution in [1.29, 1.82) is 0 Å². The van der Waals surface area contributed by atoms with E-state index in [-0.39, 0.29) is 17.6 Å². The molecular weight excluding hydrogens is 210 g/mol. The van der Waals surface area contributed by atoms with Gasteiger partial charge in [0.2, 0.25) is 0 Å². The van der Waals surface area contributed by atoms with E-state index < -0.39 is 0 Å². The van der Waals surface area contributed by atoms with Crippen molar-refractivity contribution in [2.75, 3.05) is 7.11 Å². The summed E-state index contributed by atoms with van der Waals surface area (Å²) in [5.41, 5.74) is 0. The second kappa shape index (κ2) is 5.55. The second-order valence-corrected chi connectivity index (χ2v) is 2.88. The third-order valence-corrected chi connectivity index (χ3v) is 1.70. The number of ether oxygens (including phenoxy) is 1. The Morgan fingerprint density at radius 1 is 1.06 bits per heavy atom. The minimum atomic E-state index is -0.329. The highest BCUT2D eigenvalue weighted by molar-refractivity contribution is 6.12. The molecule has 1 aliphatic heterocycles. The lowest BCUT2D eigenvalue weighted by molar-refractivity contribution is -0.123. The number of aromatic hydroxyl groups is 1. The molecule has 1 heterocycles. The summed E-state index contributed by atoms with van der Waals surface area (Å²) in [6, 6.07) is 6.57. The molecule has 0 aliphatic carbocycles. The predicted molar refractivity (Wildman–Crippen MR) is 56.9 cm³/mol. The van der Waals surface area contributed by atoms with Crippen LogP contribution in [-0.2, 0) is 9.59 Å². The molecule has 0 spiro atoms. The van der Waals surface area contributed by atoms with Gasteiger partial charge in [-0.2, -0.15) is 0 Å². The van der Waals surface area contributed by atoms with Gasteiger partial charge >= 0.3 is 0 Å². The summed E-state index contributed by atoms with van der Waals surface area (Å²) in [5, 5.41) is 10.8. The number of rotatable bonds is 1. The van der Waals surface area contributed by atoms with E-state index in [0.29, 0.717) is 0 Å². The molecule has 0 saturated carbocycles. The Morgan fingerprint density at radius 3 is 1.88 bits per heavy atom.